The molecule has 0 aliphatic heterocycles. The van der Waals surface area contributed by atoms with E-state index in [-0.39, 0.29) is 18.1 Å². The standard InChI is InChI=1S/C16H19NO5/c1-5-21-14(19)12-13(18)10-8-6-7-9-11(10)17(12)15(20)22-16(2,3)4/h6-9,18H,5H2,1-4H3. The molecule has 1 aromatic carbocycles. The summed E-state index contributed by atoms with van der Waals surface area (Å²) < 4.78 is 11.3. The van der Waals surface area contributed by atoms with Crippen LogP contribution in [0, 0.1) is 0 Å². The number of hydrogen-bond donors (Lipinski definition) is 1. The molecule has 0 unspecified atom stereocenters. The number of carbonyl (C=O) groups excluding carboxylic acids is 2. The second-order valence-electron chi connectivity index (χ2n) is 5.75. The zero-order valence-electron chi connectivity index (χ0n) is 13.0. The Morgan fingerprint density at radius 3 is 2.45 bits per heavy atom. The summed E-state index contributed by atoms with van der Waals surface area (Å²) in [6, 6.07) is 6.66. The van der Waals surface area contributed by atoms with Crippen LogP contribution in [0.15, 0.2) is 24.3 Å². The van der Waals surface area contributed by atoms with E-state index in [2.05, 4.69) is 0 Å². The van der Waals surface area contributed by atoms with E-state index >= 15 is 0 Å². The second-order valence-corrected chi connectivity index (χ2v) is 5.75. The molecule has 0 aliphatic rings. The number of rotatable bonds is 2. The van der Waals surface area contributed by atoms with Crippen molar-refractivity contribution in [1.82, 2.24) is 4.57 Å². The lowest BCUT2D eigenvalue weighted by Crippen LogP contribution is -2.29. The fourth-order valence-corrected chi connectivity index (χ4v) is 2.11. The minimum absolute atomic E-state index is 0.133. The van der Waals surface area contributed by atoms with Crippen LogP contribution in [0.4, 0.5) is 4.79 Å². The van der Waals surface area contributed by atoms with Gasteiger partial charge in [-0.3, -0.25) is 0 Å². The zero-order valence-corrected chi connectivity index (χ0v) is 13.0. The van der Waals surface area contributed by atoms with Gasteiger partial charge in [0.15, 0.2) is 11.4 Å². The molecule has 0 fully saturated rings. The van der Waals surface area contributed by atoms with Gasteiger partial charge in [-0.2, -0.15) is 0 Å². The van der Waals surface area contributed by atoms with Gasteiger partial charge >= 0.3 is 12.1 Å². The van der Waals surface area contributed by atoms with Crippen LogP contribution in [0.25, 0.3) is 10.9 Å². The van der Waals surface area contributed by atoms with Gasteiger partial charge in [0, 0.05) is 5.39 Å². The third-order valence-electron chi connectivity index (χ3n) is 2.89. The molecule has 6 nitrogen and oxygen atoms in total. The Labute approximate surface area is 128 Å². The predicted molar refractivity (Wildman–Crippen MR) is 81.2 cm³/mol. The molecule has 1 heterocycles. The first-order valence-electron chi connectivity index (χ1n) is 6.99. The first-order valence-corrected chi connectivity index (χ1v) is 6.99. The van der Waals surface area contributed by atoms with Crippen molar-refractivity contribution in [3.63, 3.8) is 0 Å². The quantitative estimate of drug-likeness (QED) is 0.861. The molecule has 0 bridgehead atoms. The van der Waals surface area contributed by atoms with Crippen LogP contribution >= 0.6 is 0 Å². The zero-order chi connectivity index (χ0) is 16.5. The smallest absolute Gasteiger partial charge is 0.419 e. The Bertz CT molecular complexity index is 724. The molecule has 0 saturated carbocycles. The molecule has 0 atom stereocenters. The number of carbonyl (C=O) groups is 2. The maximum absolute atomic E-state index is 12.4. The number of hydrogen-bond acceptors (Lipinski definition) is 5. The van der Waals surface area contributed by atoms with E-state index in [0.29, 0.717) is 10.9 Å². The van der Waals surface area contributed by atoms with Crippen LogP contribution in [-0.2, 0) is 9.47 Å². The number of fused-ring (bicyclic) bond motifs is 1. The Kier molecular flexibility index (Phi) is 4.12. The summed E-state index contributed by atoms with van der Waals surface area (Å²) >= 11 is 0. The average molecular weight is 305 g/mol. The molecule has 0 amide bonds. The van der Waals surface area contributed by atoms with Gasteiger partial charge in [-0.1, -0.05) is 12.1 Å². The molecule has 22 heavy (non-hydrogen) atoms. The molecule has 0 aliphatic carbocycles. The summed E-state index contributed by atoms with van der Waals surface area (Å²) in [5.74, 6) is -1.07. The molecule has 1 N–H and O–H groups in total. The van der Waals surface area contributed by atoms with Gasteiger partial charge in [0.25, 0.3) is 0 Å². The van der Waals surface area contributed by atoms with Crippen molar-refractivity contribution in [2.75, 3.05) is 6.61 Å². The van der Waals surface area contributed by atoms with Crippen LogP contribution in [0.3, 0.4) is 0 Å². The van der Waals surface area contributed by atoms with Crippen molar-refractivity contribution < 1.29 is 24.2 Å². The van der Waals surface area contributed by atoms with Gasteiger partial charge in [0.05, 0.1) is 12.1 Å². The number of para-hydroxylation sites is 1. The van der Waals surface area contributed by atoms with Crippen molar-refractivity contribution >= 4 is 23.0 Å². The van der Waals surface area contributed by atoms with E-state index in [1.165, 1.54) is 0 Å². The summed E-state index contributed by atoms with van der Waals surface area (Å²) in [6.07, 6.45) is -0.743. The van der Waals surface area contributed by atoms with Gasteiger partial charge in [-0.15, -0.1) is 0 Å². The highest BCUT2D eigenvalue weighted by atomic mass is 16.6. The van der Waals surface area contributed by atoms with Crippen molar-refractivity contribution in [3.8, 4) is 5.75 Å². The Morgan fingerprint density at radius 2 is 1.86 bits per heavy atom. The van der Waals surface area contributed by atoms with Crippen LogP contribution in [0.1, 0.15) is 38.2 Å². The van der Waals surface area contributed by atoms with Gasteiger partial charge in [-0.25, -0.2) is 14.2 Å². The molecule has 2 aromatic rings. The Morgan fingerprint density at radius 1 is 1.23 bits per heavy atom. The number of ether oxygens (including phenoxy) is 2. The highest BCUT2D eigenvalue weighted by molar-refractivity contribution is 6.06. The molecule has 0 radical (unpaired) electrons. The second kappa shape index (κ2) is 5.71. The van der Waals surface area contributed by atoms with Crippen molar-refractivity contribution in [3.05, 3.63) is 30.0 Å². The predicted octanol–water partition coefficient (Wildman–Crippen LogP) is 3.31. The van der Waals surface area contributed by atoms with Crippen molar-refractivity contribution in [2.24, 2.45) is 0 Å². The molecule has 0 spiro atoms. The number of esters is 1. The average Bonchev–Trinajstić information content (AvgIpc) is 2.71. The lowest BCUT2D eigenvalue weighted by atomic mass is 10.2. The molecule has 6 heteroatoms. The molecular weight excluding hydrogens is 286 g/mol. The van der Waals surface area contributed by atoms with Gasteiger partial charge in [0.2, 0.25) is 0 Å². The normalized spacial score (nSPS) is 11.5. The van der Waals surface area contributed by atoms with Crippen LogP contribution in [-0.4, -0.2) is 33.9 Å². The number of nitrogens with zero attached hydrogens (tertiary/aromatic N) is 1. The third kappa shape index (κ3) is 2.90. The summed E-state index contributed by atoms with van der Waals surface area (Å²) in [7, 11) is 0. The van der Waals surface area contributed by atoms with E-state index < -0.39 is 17.7 Å². The van der Waals surface area contributed by atoms with Crippen molar-refractivity contribution in [1.29, 1.82) is 0 Å². The first kappa shape index (κ1) is 15.9. The fourth-order valence-electron chi connectivity index (χ4n) is 2.11. The summed E-state index contributed by atoms with van der Waals surface area (Å²) in [4.78, 5) is 24.6. The Hall–Kier alpha value is -2.50. The number of benzene rings is 1. The molecule has 0 saturated heterocycles. The topological polar surface area (TPSA) is 77.8 Å². The summed E-state index contributed by atoms with van der Waals surface area (Å²) in [6.45, 7) is 6.95. The lowest BCUT2D eigenvalue weighted by Gasteiger charge is -2.20. The molecular formula is C16H19NO5. The van der Waals surface area contributed by atoms with Gasteiger partial charge in [-0.05, 0) is 39.8 Å². The van der Waals surface area contributed by atoms with E-state index in [0.717, 1.165) is 4.57 Å². The van der Waals surface area contributed by atoms with E-state index in [9.17, 15) is 14.7 Å². The summed E-state index contributed by atoms with van der Waals surface area (Å²) in [5.41, 5.74) is -0.570. The largest absolute Gasteiger partial charge is 0.505 e. The van der Waals surface area contributed by atoms with E-state index in [1.807, 2.05) is 0 Å². The Balaban J connectivity index is 2.66. The van der Waals surface area contributed by atoms with Crippen LogP contribution < -0.4 is 0 Å². The minimum Gasteiger partial charge on any atom is -0.505 e. The lowest BCUT2D eigenvalue weighted by molar-refractivity contribution is 0.0450. The van der Waals surface area contributed by atoms with Gasteiger partial charge < -0.3 is 14.6 Å². The number of aromatic nitrogens is 1. The summed E-state index contributed by atoms with van der Waals surface area (Å²) in [5, 5.41) is 10.7. The van der Waals surface area contributed by atoms with Crippen LogP contribution in [0.5, 0.6) is 5.75 Å². The highest BCUT2D eigenvalue weighted by Gasteiger charge is 2.29. The highest BCUT2D eigenvalue weighted by Crippen LogP contribution is 2.33. The molecule has 118 valence electrons. The minimum atomic E-state index is -0.776. The SMILES string of the molecule is CCOC(=O)c1c(O)c2ccccc2n1C(=O)OC(C)(C)C. The maximum atomic E-state index is 12.4. The van der Waals surface area contributed by atoms with Crippen LogP contribution in [0.2, 0.25) is 0 Å². The van der Waals surface area contributed by atoms with Gasteiger partial charge in [0.1, 0.15) is 5.60 Å². The number of aromatic hydroxyl groups is 1. The maximum Gasteiger partial charge on any atom is 0.419 e. The monoisotopic (exact) mass is 305 g/mol. The first-order chi connectivity index (χ1) is 10.3. The fraction of sp³-hybridized carbons (Fsp3) is 0.375. The van der Waals surface area contributed by atoms with E-state index in [4.69, 9.17) is 9.47 Å². The molecule has 2 rings (SSSR count). The van der Waals surface area contributed by atoms with E-state index in [1.54, 1.807) is 52.0 Å². The van der Waals surface area contributed by atoms with Crippen molar-refractivity contribution in [2.45, 2.75) is 33.3 Å². The third-order valence-corrected chi connectivity index (χ3v) is 2.89. The molecule has 1 aromatic heterocycles.